The highest BCUT2D eigenvalue weighted by atomic mass is 16.5. The van der Waals surface area contributed by atoms with Crippen LogP contribution in [0.15, 0.2) is 22.6 Å². The van der Waals surface area contributed by atoms with Gasteiger partial charge in [0.2, 0.25) is 0 Å². The fourth-order valence-electron chi connectivity index (χ4n) is 3.02. The van der Waals surface area contributed by atoms with Crippen LogP contribution in [0, 0.1) is 6.92 Å². The number of carbonyl (C=O) groups is 1. The molecular weight excluding hydrogens is 314 g/mol. The molecule has 1 aliphatic rings. The zero-order valence-electron chi connectivity index (χ0n) is 13.9. The van der Waals surface area contributed by atoms with Crippen molar-refractivity contribution in [1.82, 2.24) is 4.90 Å². The van der Waals surface area contributed by atoms with Crippen LogP contribution in [0.3, 0.4) is 0 Å². The fourth-order valence-corrected chi connectivity index (χ4v) is 3.02. The summed E-state index contributed by atoms with van der Waals surface area (Å²) in [6, 6.07) is 4.63. The molecule has 0 bridgehead atoms. The number of likely N-dealkylation sites (N-methyl/N-ethyl adjacent to an activating group) is 1. The van der Waals surface area contributed by atoms with Gasteiger partial charge in [-0.25, -0.2) is 0 Å². The fraction of sp³-hybridized carbons (Fsp3) is 0.471. The Kier molecular flexibility index (Phi) is 4.49. The van der Waals surface area contributed by atoms with Gasteiger partial charge in [-0.05, 0) is 25.1 Å². The Morgan fingerprint density at radius 1 is 1.33 bits per heavy atom. The van der Waals surface area contributed by atoms with E-state index in [4.69, 9.17) is 13.9 Å². The molecule has 130 valence electrons. The zero-order chi connectivity index (χ0) is 17.4. The number of aliphatic hydroxyl groups is 2. The lowest BCUT2D eigenvalue weighted by molar-refractivity contribution is -0.122. The van der Waals surface area contributed by atoms with Crippen LogP contribution in [-0.2, 0) is 4.74 Å². The topological polar surface area (TPSA) is 92.4 Å². The molecule has 2 heterocycles. The van der Waals surface area contributed by atoms with Gasteiger partial charge in [-0.15, -0.1) is 0 Å². The Hall–Kier alpha value is -2.09. The van der Waals surface area contributed by atoms with E-state index >= 15 is 0 Å². The van der Waals surface area contributed by atoms with Gasteiger partial charge in [0, 0.05) is 12.4 Å². The monoisotopic (exact) mass is 335 g/mol. The Labute approximate surface area is 139 Å². The summed E-state index contributed by atoms with van der Waals surface area (Å²) in [6.07, 6.45) is -2.07. The Morgan fingerprint density at radius 2 is 2.08 bits per heavy atom. The van der Waals surface area contributed by atoms with Crippen molar-refractivity contribution >= 4 is 16.9 Å². The summed E-state index contributed by atoms with van der Waals surface area (Å²) in [5.41, 5.74) is 1.00. The predicted molar refractivity (Wildman–Crippen MR) is 86.2 cm³/mol. The van der Waals surface area contributed by atoms with Gasteiger partial charge in [-0.3, -0.25) is 4.79 Å². The number of carbonyl (C=O) groups excluding carboxylic acids is 1. The number of hydrogen-bond donors (Lipinski definition) is 2. The van der Waals surface area contributed by atoms with Crippen LogP contribution >= 0.6 is 0 Å². The number of aliphatic hydroxyl groups excluding tert-OH is 2. The van der Waals surface area contributed by atoms with Gasteiger partial charge in [0.15, 0.2) is 0 Å². The average molecular weight is 335 g/mol. The quantitative estimate of drug-likeness (QED) is 0.867. The molecular formula is C17H21NO6. The predicted octanol–water partition coefficient (Wildman–Crippen LogP) is 0.942. The van der Waals surface area contributed by atoms with Gasteiger partial charge in [-0.2, -0.15) is 0 Å². The van der Waals surface area contributed by atoms with Crippen LogP contribution in [0.5, 0.6) is 5.75 Å². The molecule has 3 rings (SSSR count). The number of furan rings is 1. The van der Waals surface area contributed by atoms with E-state index in [1.807, 2.05) is 0 Å². The van der Waals surface area contributed by atoms with E-state index in [1.54, 1.807) is 39.3 Å². The molecule has 1 aliphatic heterocycles. The molecule has 0 spiro atoms. The minimum Gasteiger partial charge on any atom is -0.497 e. The normalized spacial score (nSPS) is 24.1. The molecule has 3 atom stereocenters. The molecule has 0 radical (unpaired) electrons. The second-order valence-electron chi connectivity index (χ2n) is 5.97. The first-order chi connectivity index (χ1) is 11.4. The van der Waals surface area contributed by atoms with E-state index in [1.165, 1.54) is 4.90 Å². The highest BCUT2D eigenvalue weighted by molar-refractivity contribution is 6.07. The largest absolute Gasteiger partial charge is 0.497 e. The number of fused-ring (bicyclic) bond motifs is 1. The Bertz CT molecular complexity index is 755. The number of nitrogens with zero attached hydrogens (tertiary/aromatic N) is 1. The lowest BCUT2D eigenvalue weighted by Gasteiger charge is -2.37. The maximum atomic E-state index is 13.0. The molecule has 1 aromatic carbocycles. The van der Waals surface area contributed by atoms with Crippen LogP contribution in [0.1, 0.15) is 16.1 Å². The number of hydrogen-bond acceptors (Lipinski definition) is 6. The summed E-state index contributed by atoms with van der Waals surface area (Å²) in [7, 11) is 3.13. The van der Waals surface area contributed by atoms with Crippen molar-refractivity contribution in [3.63, 3.8) is 0 Å². The summed E-state index contributed by atoms with van der Waals surface area (Å²) >= 11 is 0. The molecule has 0 saturated carbocycles. The maximum Gasteiger partial charge on any atom is 0.258 e. The number of aryl methyl sites for hydroxylation is 1. The van der Waals surface area contributed by atoms with E-state index in [9.17, 15) is 15.0 Å². The van der Waals surface area contributed by atoms with Gasteiger partial charge in [0.25, 0.3) is 5.91 Å². The standard InChI is InChI=1S/C17H21NO6/c1-9-15(11-6-10(22-3)4-5-14(11)24-9)17(21)18(2)12-7-23-8-13(19)16(12)20/h4-6,12-13,16,19-20H,7-8H2,1-3H3/t12-,13-,16+/m1/s1. The first-order valence-electron chi connectivity index (χ1n) is 7.72. The van der Waals surface area contributed by atoms with Crippen molar-refractivity contribution < 1.29 is 28.9 Å². The van der Waals surface area contributed by atoms with Crippen LogP contribution in [0.2, 0.25) is 0 Å². The molecule has 7 heteroatoms. The number of ether oxygens (including phenoxy) is 2. The summed E-state index contributed by atoms with van der Waals surface area (Å²) < 4.78 is 16.1. The van der Waals surface area contributed by atoms with Crippen molar-refractivity contribution in [2.24, 2.45) is 0 Å². The lowest BCUT2D eigenvalue weighted by atomic mass is 10.0. The third-order valence-electron chi connectivity index (χ3n) is 4.47. The smallest absolute Gasteiger partial charge is 0.258 e. The van der Waals surface area contributed by atoms with Gasteiger partial charge < -0.3 is 29.0 Å². The molecule has 1 aromatic heterocycles. The molecule has 1 fully saturated rings. The zero-order valence-corrected chi connectivity index (χ0v) is 13.9. The number of amides is 1. The SMILES string of the molecule is COc1ccc2oc(C)c(C(=O)N(C)[C@@H]3COC[C@@H](O)[C@H]3O)c2c1. The number of rotatable bonds is 3. The van der Waals surface area contributed by atoms with Crippen LogP contribution < -0.4 is 4.74 Å². The highest BCUT2D eigenvalue weighted by Gasteiger charge is 2.37. The molecule has 7 nitrogen and oxygen atoms in total. The van der Waals surface area contributed by atoms with Crippen LogP contribution in [-0.4, -0.2) is 66.6 Å². The Morgan fingerprint density at radius 3 is 2.79 bits per heavy atom. The first kappa shape index (κ1) is 16.8. The van der Waals surface area contributed by atoms with E-state index < -0.39 is 18.2 Å². The minimum atomic E-state index is -1.05. The molecule has 1 saturated heterocycles. The maximum absolute atomic E-state index is 13.0. The second kappa shape index (κ2) is 6.43. The van der Waals surface area contributed by atoms with E-state index in [0.29, 0.717) is 28.0 Å². The minimum absolute atomic E-state index is 0.0601. The van der Waals surface area contributed by atoms with E-state index in [-0.39, 0.29) is 19.1 Å². The summed E-state index contributed by atoms with van der Waals surface area (Å²) in [6.45, 7) is 1.94. The second-order valence-corrected chi connectivity index (χ2v) is 5.97. The lowest BCUT2D eigenvalue weighted by Crippen LogP contribution is -2.56. The summed E-state index contributed by atoms with van der Waals surface area (Å²) in [4.78, 5) is 14.4. The van der Waals surface area contributed by atoms with Crippen molar-refractivity contribution in [3.8, 4) is 5.75 Å². The van der Waals surface area contributed by atoms with Crippen LogP contribution in [0.4, 0.5) is 0 Å². The average Bonchev–Trinajstić information content (AvgIpc) is 2.90. The van der Waals surface area contributed by atoms with E-state index in [2.05, 4.69) is 0 Å². The van der Waals surface area contributed by atoms with Gasteiger partial charge in [0.05, 0.1) is 31.9 Å². The third kappa shape index (κ3) is 2.75. The molecule has 1 amide bonds. The van der Waals surface area contributed by atoms with Gasteiger partial charge in [0.1, 0.15) is 29.3 Å². The number of methoxy groups -OCH3 is 1. The highest BCUT2D eigenvalue weighted by Crippen LogP contribution is 2.30. The molecule has 24 heavy (non-hydrogen) atoms. The van der Waals surface area contributed by atoms with Crippen molar-refractivity contribution in [2.45, 2.75) is 25.2 Å². The third-order valence-corrected chi connectivity index (χ3v) is 4.47. The van der Waals surface area contributed by atoms with Crippen molar-refractivity contribution in [3.05, 3.63) is 29.5 Å². The molecule has 0 aliphatic carbocycles. The van der Waals surface area contributed by atoms with Gasteiger partial charge in [-0.1, -0.05) is 0 Å². The molecule has 2 aromatic rings. The van der Waals surface area contributed by atoms with Crippen molar-refractivity contribution in [2.75, 3.05) is 27.4 Å². The molecule has 0 unspecified atom stereocenters. The number of benzene rings is 1. The molecule has 2 N–H and O–H groups in total. The van der Waals surface area contributed by atoms with Crippen LogP contribution in [0.25, 0.3) is 11.0 Å². The summed E-state index contributed by atoms with van der Waals surface area (Å²) in [5.74, 6) is 0.805. The van der Waals surface area contributed by atoms with E-state index in [0.717, 1.165) is 0 Å². The first-order valence-corrected chi connectivity index (χ1v) is 7.72. The van der Waals surface area contributed by atoms with Gasteiger partial charge >= 0.3 is 0 Å². The van der Waals surface area contributed by atoms with Crippen molar-refractivity contribution in [1.29, 1.82) is 0 Å². The Balaban J connectivity index is 1.97. The summed E-state index contributed by atoms with van der Waals surface area (Å²) in [5, 5.41) is 20.6.